The van der Waals surface area contributed by atoms with Gasteiger partial charge in [-0.3, -0.25) is 9.59 Å². The van der Waals surface area contributed by atoms with Crippen LogP contribution in [0, 0.1) is 5.92 Å². The maximum Gasteiger partial charge on any atom is 0.283 e. The highest BCUT2D eigenvalue weighted by Crippen LogP contribution is 2.23. The topological polar surface area (TPSA) is 124 Å². The highest BCUT2D eigenvalue weighted by Gasteiger charge is 2.23. The molecule has 10 heteroatoms. The molecule has 0 fully saturated rings. The molecule has 0 atom stereocenters. The van der Waals surface area contributed by atoms with E-state index in [-0.39, 0.29) is 38.1 Å². The van der Waals surface area contributed by atoms with Gasteiger partial charge in [0.25, 0.3) is 5.56 Å². The lowest BCUT2D eigenvalue weighted by Gasteiger charge is -2.04. The monoisotopic (exact) mass is 392 g/mol. The van der Waals surface area contributed by atoms with Gasteiger partial charge in [0.15, 0.2) is 5.78 Å². The van der Waals surface area contributed by atoms with Crippen LogP contribution in [0.3, 0.4) is 0 Å². The van der Waals surface area contributed by atoms with E-state index in [4.69, 9.17) is 5.73 Å². The Morgan fingerprint density at radius 3 is 2.50 bits per heavy atom. The van der Waals surface area contributed by atoms with Gasteiger partial charge >= 0.3 is 0 Å². The fraction of sp³-hybridized carbons (Fsp3) is 0.250. The van der Waals surface area contributed by atoms with Crippen LogP contribution in [-0.2, 0) is 14.6 Å². The molecule has 0 unspecified atom stereocenters. The molecular formula is C16H16N4O4S2. The molecular weight excluding hydrogens is 376 g/mol. The van der Waals surface area contributed by atoms with Crippen LogP contribution >= 0.6 is 11.3 Å². The van der Waals surface area contributed by atoms with E-state index in [0.29, 0.717) is 5.57 Å². The molecule has 26 heavy (non-hydrogen) atoms. The van der Waals surface area contributed by atoms with Gasteiger partial charge < -0.3 is 5.73 Å². The van der Waals surface area contributed by atoms with E-state index in [1.807, 2.05) is 0 Å². The van der Waals surface area contributed by atoms with Crippen molar-refractivity contribution >= 4 is 43.8 Å². The average Bonchev–Trinajstić information content (AvgIpc) is 2.97. The minimum Gasteiger partial charge on any atom is -0.383 e. The smallest absolute Gasteiger partial charge is 0.283 e. The number of aromatic nitrogens is 3. The first kappa shape index (κ1) is 18.2. The number of hydrogen-bond donors (Lipinski definition) is 1. The molecule has 0 bridgehead atoms. The number of carbonyl (C=O) groups is 1. The van der Waals surface area contributed by atoms with Crippen molar-refractivity contribution in [2.75, 3.05) is 11.5 Å². The van der Waals surface area contributed by atoms with Gasteiger partial charge in [-0.25, -0.2) is 8.42 Å². The first-order chi connectivity index (χ1) is 12.2. The zero-order chi connectivity index (χ0) is 19.1. The summed E-state index contributed by atoms with van der Waals surface area (Å²) in [5.74, 6) is -0.281. The lowest BCUT2D eigenvalue weighted by molar-refractivity contribution is -0.110. The lowest BCUT2D eigenvalue weighted by Crippen LogP contribution is -2.17. The predicted molar refractivity (Wildman–Crippen MR) is 99.7 cm³/mol. The number of anilines is 1. The van der Waals surface area contributed by atoms with Gasteiger partial charge in [-0.05, 0) is 29.7 Å². The van der Waals surface area contributed by atoms with Gasteiger partial charge in [-0.15, -0.1) is 5.10 Å². The Kier molecular flexibility index (Phi) is 4.63. The molecule has 2 aromatic heterocycles. The quantitative estimate of drug-likeness (QED) is 0.830. The van der Waals surface area contributed by atoms with Crippen LogP contribution in [0.15, 0.2) is 39.0 Å². The molecule has 0 spiro atoms. The van der Waals surface area contributed by atoms with E-state index in [9.17, 15) is 18.0 Å². The second-order valence-corrected chi connectivity index (χ2v) is 9.33. The molecule has 0 aromatic carbocycles. The maximum absolute atomic E-state index is 12.4. The number of hydrogen-bond acceptors (Lipinski definition) is 8. The van der Waals surface area contributed by atoms with E-state index in [1.165, 1.54) is 18.2 Å². The summed E-state index contributed by atoms with van der Waals surface area (Å²) in [6.45, 7) is 3.58. The van der Waals surface area contributed by atoms with E-state index in [0.717, 1.165) is 15.9 Å². The third-order valence-corrected chi connectivity index (χ3v) is 6.92. The van der Waals surface area contributed by atoms with Gasteiger partial charge in [0.1, 0.15) is 5.82 Å². The third-order valence-electron chi connectivity index (χ3n) is 3.48. The molecule has 1 aliphatic rings. The molecule has 2 N–H and O–H groups in total. The zero-order valence-corrected chi connectivity index (χ0v) is 15.7. The van der Waals surface area contributed by atoms with Crippen LogP contribution in [0.2, 0.25) is 0 Å². The van der Waals surface area contributed by atoms with Crippen LogP contribution in [0.4, 0.5) is 5.82 Å². The second kappa shape index (κ2) is 6.61. The maximum atomic E-state index is 12.4. The Labute approximate surface area is 153 Å². The number of ketones is 1. The number of rotatable bonds is 4. The minimum atomic E-state index is -3.58. The molecule has 136 valence electrons. The number of allylic oxidation sites excluding steroid dienone is 5. The standard InChI is InChI=1S/C16H16N4O4S2/c1-9(2)8-26(23,24)16-19-20-13(17)12(14(22)18-15(20)25-16)7-10-3-5-11(21)6-4-10/h3-7,9H,8,17H2,1-2H3. The summed E-state index contributed by atoms with van der Waals surface area (Å²) in [7, 11) is -3.58. The molecule has 0 saturated heterocycles. The fourth-order valence-electron chi connectivity index (χ4n) is 2.37. The highest BCUT2D eigenvalue weighted by molar-refractivity contribution is 7.93. The van der Waals surface area contributed by atoms with Crippen LogP contribution < -0.4 is 11.3 Å². The molecule has 0 radical (unpaired) electrons. The van der Waals surface area contributed by atoms with Gasteiger partial charge in [0, 0.05) is 0 Å². The van der Waals surface area contributed by atoms with Crippen molar-refractivity contribution in [1.29, 1.82) is 0 Å². The molecule has 2 aromatic rings. The Bertz CT molecular complexity index is 1130. The summed E-state index contributed by atoms with van der Waals surface area (Å²) in [6.07, 6.45) is 7.32. The van der Waals surface area contributed by atoms with Crippen LogP contribution in [0.1, 0.15) is 19.4 Å². The van der Waals surface area contributed by atoms with E-state index in [2.05, 4.69) is 10.1 Å². The number of nitrogen functional groups attached to an aromatic ring is 1. The number of nitrogens with zero attached hydrogens (tertiary/aromatic N) is 3. The van der Waals surface area contributed by atoms with Crippen molar-refractivity contribution in [3.63, 3.8) is 0 Å². The van der Waals surface area contributed by atoms with Crippen molar-refractivity contribution in [2.45, 2.75) is 18.2 Å². The normalized spacial score (nSPS) is 14.6. The summed E-state index contributed by atoms with van der Waals surface area (Å²) in [6, 6.07) is 0. The number of sulfone groups is 1. The van der Waals surface area contributed by atoms with Crippen LogP contribution in [0.5, 0.6) is 0 Å². The number of nitrogens with two attached hydrogens (primary N) is 1. The van der Waals surface area contributed by atoms with E-state index >= 15 is 0 Å². The van der Waals surface area contributed by atoms with Crippen LogP contribution in [-0.4, -0.2) is 34.6 Å². The van der Waals surface area contributed by atoms with Gasteiger partial charge in [0.05, 0.1) is 11.3 Å². The van der Waals surface area contributed by atoms with Crippen molar-refractivity contribution in [1.82, 2.24) is 14.6 Å². The predicted octanol–water partition coefficient (Wildman–Crippen LogP) is 1.24. The third kappa shape index (κ3) is 3.51. The van der Waals surface area contributed by atoms with Crippen molar-refractivity contribution in [3.05, 3.63) is 45.8 Å². The number of fused-ring (bicyclic) bond motifs is 1. The summed E-state index contributed by atoms with van der Waals surface area (Å²) in [5.41, 5.74) is 6.12. The van der Waals surface area contributed by atoms with Crippen molar-refractivity contribution in [2.24, 2.45) is 5.92 Å². The lowest BCUT2D eigenvalue weighted by atomic mass is 10.1. The molecule has 2 heterocycles. The molecule has 3 rings (SSSR count). The Balaban J connectivity index is 2.13. The second-order valence-electron chi connectivity index (χ2n) is 6.17. The fourth-order valence-corrected chi connectivity index (χ4v) is 5.16. The summed E-state index contributed by atoms with van der Waals surface area (Å²) in [5, 5.41) is 4.05. The highest BCUT2D eigenvalue weighted by atomic mass is 32.2. The summed E-state index contributed by atoms with van der Waals surface area (Å²) >= 11 is 0.809. The Morgan fingerprint density at radius 1 is 1.23 bits per heavy atom. The van der Waals surface area contributed by atoms with Gasteiger partial charge in [-0.1, -0.05) is 37.3 Å². The Morgan fingerprint density at radius 2 is 1.88 bits per heavy atom. The number of carbonyl (C=O) groups excluding carboxylic acids is 1. The average molecular weight is 392 g/mol. The molecule has 0 aliphatic heterocycles. The van der Waals surface area contributed by atoms with Crippen molar-refractivity contribution in [3.8, 4) is 0 Å². The zero-order valence-electron chi connectivity index (χ0n) is 14.0. The van der Waals surface area contributed by atoms with E-state index in [1.54, 1.807) is 26.0 Å². The van der Waals surface area contributed by atoms with Gasteiger partial charge in [-0.2, -0.15) is 9.50 Å². The largest absolute Gasteiger partial charge is 0.383 e. The SMILES string of the molecule is CC(C)CS(=O)(=O)c1nn2c(N)c(C=C3C=CC(=O)C=C3)c(=O)nc2s1. The van der Waals surface area contributed by atoms with Gasteiger partial charge in [0.2, 0.25) is 19.1 Å². The molecule has 0 saturated carbocycles. The van der Waals surface area contributed by atoms with E-state index < -0.39 is 15.4 Å². The first-order valence-electron chi connectivity index (χ1n) is 7.71. The van der Waals surface area contributed by atoms with Crippen LogP contribution in [0.25, 0.3) is 11.0 Å². The molecule has 0 amide bonds. The minimum absolute atomic E-state index is 0.00607. The molecule has 1 aliphatic carbocycles. The summed E-state index contributed by atoms with van der Waals surface area (Å²) < 4.78 is 25.8. The first-order valence-corrected chi connectivity index (χ1v) is 10.2. The summed E-state index contributed by atoms with van der Waals surface area (Å²) in [4.78, 5) is 27.5. The van der Waals surface area contributed by atoms with Crippen molar-refractivity contribution < 1.29 is 13.2 Å². The molecule has 8 nitrogen and oxygen atoms in total. The Hall–Kier alpha value is -2.59.